The Hall–Kier alpha value is -2.21. The van der Waals surface area contributed by atoms with E-state index < -0.39 is 0 Å². The molecular weight excluding hydrogens is 266 g/mol. The second-order valence-electron chi connectivity index (χ2n) is 4.65. The van der Waals surface area contributed by atoms with Gasteiger partial charge in [-0.15, -0.1) is 0 Å². The summed E-state index contributed by atoms with van der Waals surface area (Å²) in [6.45, 7) is 3.89. The molecule has 2 aromatic heterocycles. The minimum atomic E-state index is 0.180. The van der Waals surface area contributed by atoms with E-state index in [2.05, 4.69) is 32.5 Å². The summed E-state index contributed by atoms with van der Waals surface area (Å²) in [5, 5.41) is 15.1. The van der Waals surface area contributed by atoms with Gasteiger partial charge in [0, 0.05) is 37.5 Å². The molecule has 0 spiro atoms. The van der Waals surface area contributed by atoms with Crippen LogP contribution in [0.3, 0.4) is 0 Å². The van der Waals surface area contributed by atoms with E-state index in [4.69, 9.17) is 5.11 Å². The number of aliphatic hydroxyl groups is 1. The van der Waals surface area contributed by atoms with E-state index in [1.807, 2.05) is 18.2 Å². The van der Waals surface area contributed by atoms with Gasteiger partial charge in [0.15, 0.2) is 0 Å². The molecule has 6 nitrogen and oxygen atoms in total. The molecule has 112 valence electrons. The van der Waals surface area contributed by atoms with Crippen LogP contribution in [0.1, 0.15) is 19.8 Å². The van der Waals surface area contributed by atoms with Gasteiger partial charge in [-0.3, -0.25) is 0 Å². The molecule has 2 aromatic rings. The molecule has 0 aliphatic carbocycles. The Kier molecular flexibility index (Phi) is 5.90. The quantitative estimate of drug-likeness (QED) is 0.645. The predicted molar refractivity (Wildman–Crippen MR) is 84.2 cm³/mol. The smallest absolute Gasteiger partial charge is 0.129 e. The van der Waals surface area contributed by atoms with Crippen molar-refractivity contribution in [2.24, 2.45) is 0 Å². The number of hydrogen-bond acceptors (Lipinski definition) is 6. The van der Waals surface area contributed by atoms with E-state index >= 15 is 0 Å². The van der Waals surface area contributed by atoms with Crippen molar-refractivity contribution in [3.63, 3.8) is 0 Å². The van der Waals surface area contributed by atoms with Crippen molar-refractivity contribution in [2.45, 2.75) is 19.8 Å². The lowest BCUT2D eigenvalue weighted by Gasteiger charge is -2.07. The molecular formula is C15H21N5O. The van der Waals surface area contributed by atoms with E-state index in [9.17, 15) is 0 Å². The maximum atomic E-state index is 8.74. The van der Waals surface area contributed by atoms with Crippen LogP contribution in [0.4, 0.5) is 11.6 Å². The van der Waals surface area contributed by atoms with Gasteiger partial charge in [0.25, 0.3) is 0 Å². The van der Waals surface area contributed by atoms with Gasteiger partial charge in [0.1, 0.15) is 18.0 Å². The zero-order chi connectivity index (χ0) is 14.9. The van der Waals surface area contributed by atoms with Crippen molar-refractivity contribution >= 4 is 11.6 Å². The van der Waals surface area contributed by atoms with Crippen LogP contribution in [0.2, 0.25) is 0 Å². The second kappa shape index (κ2) is 8.16. The molecule has 6 heteroatoms. The van der Waals surface area contributed by atoms with Crippen LogP contribution in [0.5, 0.6) is 0 Å². The highest BCUT2D eigenvalue weighted by Gasteiger charge is 2.03. The molecule has 0 saturated heterocycles. The molecule has 0 aromatic carbocycles. The molecule has 0 amide bonds. The number of pyridine rings is 1. The number of hydrogen-bond donors (Lipinski definition) is 3. The first-order valence-electron chi connectivity index (χ1n) is 7.20. The lowest BCUT2D eigenvalue weighted by Crippen LogP contribution is -2.05. The van der Waals surface area contributed by atoms with E-state index in [0.29, 0.717) is 13.0 Å². The Bertz CT molecular complexity index is 544. The normalized spacial score (nSPS) is 10.4. The van der Waals surface area contributed by atoms with Gasteiger partial charge in [-0.25, -0.2) is 15.0 Å². The van der Waals surface area contributed by atoms with Crippen molar-refractivity contribution in [1.82, 2.24) is 15.0 Å². The van der Waals surface area contributed by atoms with Crippen molar-refractivity contribution in [3.05, 3.63) is 30.7 Å². The summed E-state index contributed by atoms with van der Waals surface area (Å²) in [5.41, 5.74) is 1.79. The molecule has 0 fully saturated rings. The molecule has 0 atom stereocenters. The van der Waals surface area contributed by atoms with Gasteiger partial charge in [-0.1, -0.05) is 6.92 Å². The highest BCUT2D eigenvalue weighted by atomic mass is 16.3. The molecule has 21 heavy (non-hydrogen) atoms. The second-order valence-corrected chi connectivity index (χ2v) is 4.65. The van der Waals surface area contributed by atoms with Crippen LogP contribution in [0.15, 0.2) is 30.7 Å². The van der Waals surface area contributed by atoms with Gasteiger partial charge in [0.05, 0.1) is 5.69 Å². The fraction of sp³-hybridized carbons (Fsp3) is 0.400. The first-order valence-corrected chi connectivity index (χ1v) is 7.20. The Balaban J connectivity index is 2.04. The Morgan fingerprint density at radius 3 is 2.62 bits per heavy atom. The number of nitrogens with zero attached hydrogens (tertiary/aromatic N) is 3. The minimum Gasteiger partial charge on any atom is -0.396 e. The third-order valence-corrected chi connectivity index (χ3v) is 2.92. The minimum absolute atomic E-state index is 0.180. The van der Waals surface area contributed by atoms with Crippen LogP contribution < -0.4 is 10.6 Å². The summed E-state index contributed by atoms with van der Waals surface area (Å²) in [7, 11) is 0. The molecule has 2 heterocycles. The van der Waals surface area contributed by atoms with Crippen molar-refractivity contribution in [2.75, 3.05) is 30.3 Å². The molecule has 2 rings (SSSR count). The molecule has 0 aliphatic rings. The van der Waals surface area contributed by atoms with E-state index in [0.717, 1.165) is 35.9 Å². The Labute approximate surface area is 124 Å². The number of nitrogens with one attached hydrogen (secondary N) is 2. The van der Waals surface area contributed by atoms with Crippen molar-refractivity contribution in [3.8, 4) is 11.3 Å². The lowest BCUT2D eigenvalue weighted by atomic mass is 10.2. The molecule has 0 radical (unpaired) electrons. The number of aliphatic hydroxyl groups excluding tert-OH is 1. The molecule has 0 aliphatic heterocycles. The van der Waals surface area contributed by atoms with E-state index in [1.54, 1.807) is 12.5 Å². The standard InChI is InChI=1S/C15H21N5O/c1-2-6-16-15-9-13(19-11-20-15)12-4-5-14(18-10-12)17-7-3-8-21/h4-5,9-11,21H,2-3,6-8H2,1H3,(H,17,18)(H,16,19,20). The third kappa shape index (κ3) is 4.68. The fourth-order valence-electron chi connectivity index (χ4n) is 1.81. The zero-order valence-electron chi connectivity index (χ0n) is 12.2. The number of rotatable bonds is 8. The summed E-state index contributed by atoms with van der Waals surface area (Å²) < 4.78 is 0. The topological polar surface area (TPSA) is 83.0 Å². The number of anilines is 2. The van der Waals surface area contributed by atoms with E-state index in [-0.39, 0.29) is 6.61 Å². The highest BCUT2D eigenvalue weighted by molar-refractivity contribution is 5.62. The zero-order valence-corrected chi connectivity index (χ0v) is 12.2. The Morgan fingerprint density at radius 1 is 1.05 bits per heavy atom. The third-order valence-electron chi connectivity index (χ3n) is 2.92. The maximum Gasteiger partial charge on any atom is 0.129 e. The first kappa shape index (κ1) is 15.2. The average Bonchev–Trinajstić information content (AvgIpc) is 2.54. The van der Waals surface area contributed by atoms with Crippen LogP contribution in [-0.4, -0.2) is 39.8 Å². The monoisotopic (exact) mass is 287 g/mol. The lowest BCUT2D eigenvalue weighted by molar-refractivity contribution is 0.292. The molecule has 0 unspecified atom stereocenters. The molecule has 0 saturated carbocycles. The maximum absolute atomic E-state index is 8.74. The van der Waals surface area contributed by atoms with Crippen LogP contribution in [0, 0.1) is 0 Å². The summed E-state index contributed by atoms with van der Waals surface area (Å²) in [6, 6.07) is 5.81. The van der Waals surface area contributed by atoms with Crippen molar-refractivity contribution < 1.29 is 5.11 Å². The van der Waals surface area contributed by atoms with Gasteiger partial charge >= 0.3 is 0 Å². The molecule has 3 N–H and O–H groups in total. The van der Waals surface area contributed by atoms with Crippen LogP contribution >= 0.6 is 0 Å². The van der Waals surface area contributed by atoms with Crippen LogP contribution in [-0.2, 0) is 0 Å². The highest BCUT2D eigenvalue weighted by Crippen LogP contribution is 2.19. The predicted octanol–water partition coefficient (Wildman–Crippen LogP) is 2.15. The summed E-state index contributed by atoms with van der Waals surface area (Å²) in [6.07, 6.45) is 5.10. The average molecular weight is 287 g/mol. The van der Waals surface area contributed by atoms with Crippen LogP contribution in [0.25, 0.3) is 11.3 Å². The fourth-order valence-corrected chi connectivity index (χ4v) is 1.81. The summed E-state index contributed by atoms with van der Waals surface area (Å²) in [4.78, 5) is 12.8. The number of aromatic nitrogens is 3. The summed E-state index contributed by atoms with van der Waals surface area (Å²) >= 11 is 0. The SMILES string of the molecule is CCCNc1cc(-c2ccc(NCCCO)nc2)ncn1. The van der Waals surface area contributed by atoms with Gasteiger partial charge in [-0.2, -0.15) is 0 Å². The van der Waals surface area contributed by atoms with Gasteiger partial charge < -0.3 is 15.7 Å². The van der Waals surface area contributed by atoms with Crippen molar-refractivity contribution in [1.29, 1.82) is 0 Å². The first-order chi connectivity index (χ1) is 10.3. The van der Waals surface area contributed by atoms with E-state index in [1.165, 1.54) is 0 Å². The summed E-state index contributed by atoms with van der Waals surface area (Å²) in [5.74, 6) is 1.62. The molecule has 0 bridgehead atoms. The van der Waals surface area contributed by atoms with Gasteiger partial charge in [-0.05, 0) is 25.0 Å². The largest absolute Gasteiger partial charge is 0.396 e. The Morgan fingerprint density at radius 2 is 1.90 bits per heavy atom. The van der Waals surface area contributed by atoms with Gasteiger partial charge in [0.2, 0.25) is 0 Å².